The monoisotopic (exact) mass is 332 g/mol. The molecule has 0 radical (unpaired) electrons. The Labute approximate surface area is 119 Å². The van der Waals surface area contributed by atoms with Gasteiger partial charge >= 0.3 is 0 Å². The van der Waals surface area contributed by atoms with Gasteiger partial charge in [-0.25, -0.2) is 0 Å². The molecule has 1 atom stereocenters. The summed E-state index contributed by atoms with van der Waals surface area (Å²) in [6.45, 7) is 3.13. The topological polar surface area (TPSA) is 24.4 Å². The highest BCUT2D eigenvalue weighted by Gasteiger charge is 2.19. The SMILES string of the molecule is CCCC1CN=C(Nc2ccc(Cl)cc2Br)S1. The lowest BCUT2D eigenvalue weighted by atomic mass is 10.2. The number of nitrogens with one attached hydrogen (secondary N) is 1. The zero-order valence-corrected chi connectivity index (χ0v) is 12.7. The number of halogens is 2. The first-order chi connectivity index (χ1) is 8.19. The van der Waals surface area contributed by atoms with Crippen LogP contribution in [0.5, 0.6) is 0 Å². The average molecular weight is 334 g/mol. The Balaban J connectivity index is 1.98. The molecule has 0 saturated carbocycles. The molecule has 2 nitrogen and oxygen atoms in total. The Kier molecular flexibility index (Phi) is 4.77. The largest absolute Gasteiger partial charge is 0.334 e. The van der Waals surface area contributed by atoms with Crippen LogP contribution in [0.15, 0.2) is 27.7 Å². The van der Waals surface area contributed by atoms with Crippen molar-refractivity contribution in [1.29, 1.82) is 0 Å². The van der Waals surface area contributed by atoms with Gasteiger partial charge in [-0.15, -0.1) is 0 Å². The smallest absolute Gasteiger partial charge is 0.161 e. The van der Waals surface area contributed by atoms with Gasteiger partial charge in [0.2, 0.25) is 0 Å². The van der Waals surface area contributed by atoms with Gasteiger partial charge in [0.1, 0.15) is 0 Å². The number of hydrogen-bond acceptors (Lipinski definition) is 3. The molecule has 1 aromatic rings. The van der Waals surface area contributed by atoms with E-state index in [0.717, 1.165) is 26.9 Å². The van der Waals surface area contributed by atoms with Crippen LogP contribution in [0.1, 0.15) is 19.8 Å². The van der Waals surface area contributed by atoms with Gasteiger partial charge in [0.25, 0.3) is 0 Å². The van der Waals surface area contributed by atoms with E-state index in [1.165, 1.54) is 12.8 Å². The minimum absolute atomic E-state index is 0.633. The minimum Gasteiger partial charge on any atom is -0.334 e. The Morgan fingerprint density at radius 1 is 1.59 bits per heavy atom. The third-order valence-electron chi connectivity index (χ3n) is 2.50. The number of aliphatic imine (C=N–C) groups is 1. The predicted molar refractivity (Wildman–Crippen MR) is 81.4 cm³/mol. The summed E-state index contributed by atoms with van der Waals surface area (Å²) in [7, 11) is 0. The van der Waals surface area contributed by atoms with Crippen LogP contribution in [0.2, 0.25) is 5.02 Å². The summed E-state index contributed by atoms with van der Waals surface area (Å²) in [5, 5.41) is 5.70. The molecule has 1 heterocycles. The lowest BCUT2D eigenvalue weighted by Gasteiger charge is -2.09. The van der Waals surface area contributed by atoms with Gasteiger partial charge in [0, 0.05) is 14.7 Å². The molecular weight excluding hydrogens is 320 g/mol. The van der Waals surface area contributed by atoms with Crippen molar-refractivity contribution in [3.05, 3.63) is 27.7 Å². The van der Waals surface area contributed by atoms with Crippen molar-refractivity contribution in [3.8, 4) is 0 Å². The molecule has 1 aliphatic rings. The second kappa shape index (κ2) is 6.12. The Morgan fingerprint density at radius 2 is 2.41 bits per heavy atom. The third-order valence-corrected chi connectivity index (χ3v) is 4.56. The van der Waals surface area contributed by atoms with Crippen LogP contribution in [0.3, 0.4) is 0 Å². The van der Waals surface area contributed by atoms with E-state index in [-0.39, 0.29) is 0 Å². The minimum atomic E-state index is 0.633. The first kappa shape index (κ1) is 13.2. The quantitative estimate of drug-likeness (QED) is 0.860. The average Bonchev–Trinajstić information content (AvgIpc) is 2.71. The van der Waals surface area contributed by atoms with Crippen LogP contribution in [-0.4, -0.2) is 17.0 Å². The number of rotatable bonds is 3. The summed E-state index contributed by atoms with van der Waals surface area (Å²) in [6, 6.07) is 5.72. The molecule has 0 aliphatic carbocycles. The van der Waals surface area contributed by atoms with E-state index in [1.54, 1.807) is 0 Å². The molecule has 2 rings (SSSR count). The fourth-order valence-corrected chi connectivity index (χ4v) is 3.58. The van der Waals surface area contributed by atoms with Gasteiger partial charge in [-0.05, 0) is 40.5 Å². The summed E-state index contributed by atoms with van der Waals surface area (Å²) in [6.07, 6.45) is 2.44. The molecule has 0 amide bonds. The second-order valence-electron chi connectivity index (χ2n) is 3.92. The molecule has 1 unspecified atom stereocenters. The van der Waals surface area contributed by atoms with E-state index >= 15 is 0 Å². The highest BCUT2D eigenvalue weighted by molar-refractivity contribution is 9.10. The second-order valence-corrected chi connectivity index (χ2v) is 6.50. The number of amidine groups is 1. The van der Waals surface area contributed by atoms with Gasteiger partial charge in [-0.1, -0.05) is 36.7 Å². The van der Waals surface area contributed by atoms with E-state index in [0.29, 0.717) is 5.25 Å². The molecule has 1 aromatic carbocycles. The van der Waals surface area contributed by atoms with Crippen LogP contribution in [0.4, 0.5) is 5.69 Å². The van der Waals surface area contributed by atoms with Gasteiger partial charge in [-0.2, -0.15) is 0 Å². The maximum atomic E-state index is 5.90. The molecule has 17 heavy (non-hydrogen) atoms. The van der Waals surface area contributed by atoms with E-state index < -0.39 is 0 Å². The lowest BCUT2D eigenvalue weighted by molar-refractivity contribution is 0.754. The molecule has 5 heteroatoms. The summed E-state index contributed by atoms with van der Waals surface area (Å²) < 4.78 is 0.965. The first-order valence-corrected chi connectivity index (χ1v) is 7.67. The van der Waals surface area contributed by atoms with E-state index in [2.05, 4.69) is 33.2 Å². The Morgan fingerprint density at radius 3 is 3.12 bits per heavy atom. The number of hydrogen-bond donors (Lipinski definition) is 1. The lowest BCUT2D eigenvalue weighted by Crippen LogP contribution is -2.07. The van der Waals surface area contributed by atoms with Crippen molar-refractivity contribution < 1.29 is 0 Å². The molecule has 1 N–H and O–H groups in total. The van der Waals surface area contributed by atoms with Gasteiger partial charge in [0.05, 0.1) is 12.2 Å². The molecule has 92 valence electrons. The van der Waals surface area contributed by atoms with E-state index in [4.69, 9.17) is 11.6 Å². The summed E-state index contributed by atoms with van der Waals surface area (Å²) >= 11 is 11.2. The summed E-state index contributed by atoms with van der Waals surface area (Å²) in [5.41, 5.74) is 1.01. The molecule has 0 aromatic heterocycles. The maximum Gasteiger partial charge on any atom is 0.161 e. The predicted octanol–water partition coefficient (Wildman–Crippen LogP) is 4.79. The summed E-state index contributed by atoms with van der Waals surface area (Å²) in [5.74, 6) is 0. The molecule has 0 bridgehead atoms. The Hall–Kier alpha value is -0.190. The standard InChI is InChI=1S/C12H14BrClN2S/c1-2-3-9-7-15-12(17-9)16-11-5-4-8(14)6-10(11)13/h4-6,9H,2-3,7H2,1H3,(H,15,16). The van der Waals surface area contributed by atoms with E-state index in [9.17, 15) is 0 Å². The fraction of sp³-hybridized carbons (Fsp3) is 0.417. The number of thioether (sulfide) groups is 1. The van der Waals surface area contributed by atoms with Crippen molar-refractivity contribution >= 4 is 50.1 Å². The van der Waals surface area contributed by atoms with Crippen molar-refractivity contribution in [2.45, 2.75) is 25.0 Å². The van der Waals surface area contributed by atoms with Crippen LogP contribution >= 0.6 is 39.3 Å². The normalized spacial score (nSPS) is 19.2. The van der Waals surface area contributed by atoms with Crippen molar-refractivity contribution in [3.63, 3.8) is 0 Å². The molecular formula is C12H14BrClN2S. The Bertz CT molecular complexity index is 437. The third kappa shape index (κ3) is 3.63. The van der Waals surface area contributed by atoms with Crippen LogP contribution in [0, 0.1) is 0 Å². The summed E-state index contributed by atoms with van der Waals surface area (Å²) in [4.78, 5) is 4.51. The van der Waals surface area contributed by atoms with Crippen LogP contribution in [-0.2, 0) is 0 Å². The van der Waals surface area contributed by atoms with Crippen molar-refractivity contribution in [2.75, 3.05) is 11.9 Å². The van der Waals surface area contributed by atoms with Crippen LogP contribution in [0.25, 0.3) is 0 Å². The molecule has 0 spiro atoms. The van der Waals surface area contributed by atoms with E-state index in [1.807, 2.05) is 30.0 Å². The zero-order valence-electron chi connectivity index (χ0n) is 9.54. The number of anilines is 1. The van der Waals surface area contributed by atoms with Gasteiger partial charge < -0.3 is 5.32 Å². The highest BCUT2D eigenvalue weighted by atomic mass is 79.9. The maximum absolute atomic E-state index is 5.90. The molecule has 0 saturated heterocycles. The fourth-order valence-electron chi connectivity index (χ4n) is 1.66. The molecule has 1 aliphatic heterocycles. The first-order valence-electron chi connectivity index (χ1n) is 5.62. The van der Waals surface area contributed by atoms with Gasteiger partial charge in [0.15, 0.2) is 5.17 Å². The number of nitrogens with zero attached hydrogens (tertiary/aromatic N) is 1. The highest BCUT2D eigenvalue weighted by Crippen LogP contribution is 2.30. The van der Waals surface area contributed by atoms with Gasteiger partial charge in [-0.3, -0.25) is 4.99 Å². The van der Waals surface area contributed by atoms with Crippen molar-refractivity contribution in [2.24, 2.45) is 4.99 Å². The van der Waals surface area contributed by atoms with Crippen molar-refractivity contribution in [1.82, 2.24) is 0 Å². The molecule has 0 fully saturated rings. The zero-order chi connectivity index (χ0) is 12.3. The number of benzene rings is 1. The van der Waals surface area contributed by atoms with Crippen LogP contribution < -0.4 is 5.32 Å².